The van der Waals surface area contributed by atoms with Crippen LogP contribution < -0.4 is 11.1 Å². The highest BCUT2D eigenvalue weighted by molar-refractivity contribution is 7.78. The van der Waals surface area contributed by atoms with Crippen molar-refractivity contribution in [3.8, 4) is 11.3 Å². The molecule has 8 nitrogen and oxygen atoms in total. The van der Waals surface area contributed by atoms with Gasteiger partial charge in [-0.2, -0.15) is 0 Å². The molecule has 0 spiro atoms. The first-order valence-corrected chi connectivity index (χ1v) is 12.1. The Hall–Kier alpha value is -1.43. The van der Waals surface area contributed by atoms with Gasteiger partial charge in [0.05, 0.1) is 19.8 Å². The highest BCUT2D eigenvalue weighted by atomic mass is 31.2. The van der Waals surface area contributed by atoms with Crippen molar-refractivity contribution in [1.82, 2.24) is 0 Å². The van der Waals surface area contributed by atoms with Gasteiger partial charge in [-0.25, -0.2) is 4.79 Å². The molecule has 2 aromatic rings. The van der Waals surface area contributed by atoms with Crippen LogP contribution in [0.15, 0.2) is 37.9 Å². The molecule has 1 aromatic heterocycles. The number of hydrogen-bond acceptors (Lipinski definition) is 8. The van der Waals surface area contributed by atoms with Crippen LogP contribution in [0.4, 0.5) is 0 Å². The van der Waals surface area contributed by atoms with Crippen LogP contribution in [0.1, 0.15) is 26.5 Å². The summed E-state index contributed by atoms with van der Waals surface area (Å²) in [6.45, 7) is 7.20. The smallest absolute Gasteiger partial charge is 0.396 e. The van der Waals surface area contributed by atoms with Gasteiger partial charge < -0.3 is 22.4 Å². The number of rotatable bonds is 10. The Morgan fingerprint density at radius 3 is 1.89 bits per heavy atom. The molecule has 0 radical (unpaired) electrons. The van der Waals surface area contributed by atoms with E-state index >= 15 is 0 Å². The Morgan fingerprint density at radius 1 is 0.889 bits per heavy atom. The van der Waals surface area contributed by atoms with Crippen molar-refractivity contribution in [3.05, 3.63) is 40.6 Å². The second kappa shape index (κ2) is 9.18. The van der Waals surface area contributed by atoms with Gasteiger partial charge in [-0.1, -0.05) is 12.1 Å². The van der Waals surface area contributed by atoms with Gasteiger partial charge in [-0.3, -0.25) is 9.13 Å². The summed E-state index contributed by atoms with van der Waals surface area (Å²) in [5.74, 6) is -0.500. The van der Waals surface area contributed by atoms with Gasteiger partial charge in [0.15, 0.2) is 11.5 Å². The molecule has 27 heavy (non-hydrogen) atoms. The first-order chi connectivity index (χ1) is 12.8. The van der Waals surface area contributed by atoms with Gasteiger partial charge in [0.1, 0.15) is 5.90 Å². The minimum atomic E-state index is -3.57. The molecule has 1 heterocycles. The fourth-order valence-corrected chi connectivity index (χ4v) is 8.08. The molecule has 0 N–H and O–H groups in total. The molecule has 0 aliphatic carbocycles. The second-order valence-corrected chi connectivity index (χ2v) is 10.6. The predicted molar refractivity (Wildman–Crippen MR) is 102 cm³/mol. The lowest BCUT2D eigenvalue weighted by Gasteiger charge is -2.23. The van der Waals surface area contributed by atoms with E-state index < -0.39 is 20.8 Å². The monoisotopic (exact) mass is 418 g/mol. The van der Waals surface area contributed by atoms with E-state index in [2.05, 4.69) is 0 Å². The van der Waals surface area contributed by atoms with Gasteiger partial charge in [-0.05, 0) is 39.8 Å². The van der Waals surface area contributed by atoms with Crippen LogP contribution in [0.5, 0.6) is 0 Å². The van der Waals surface area contributed by atoms with Gasteiger partial charge >= 0.3 is 13.4 Å². The van der Waals surface area contributed by atoms with E-state index in [1.165, 1.54) is 0 Å². The molecule has 2 rings (SSSR count). The van der Waals surface area contributed by atoms with Crippen LogP contribution in [0.25, 0.3) is 11.3 Å². The van der Waals surface area contributed by atoms with E-state index in [-0.39, 0.29) is 25.7 Å². The quantitative estimate of drug-likeness (QED) is 0.524. The average Bonchev–Trinajstić information content (AvgIpc) is 2.93. The highest BCUT2D eigenvalue weighted by Crippen LogP contribution is 2.62. The van der Waals surface area contributed by atoms with Crippen molar-refractivity contribution in [2.45, 2.75) is 27.7 Å². The molecule has 150 valence electrons. The van der Waals surface area contributed by atoms with E-state index in [1.807, 2.05) is 0 Å². The molecule has 0 amide bonds. The second-order valence-electron chi connectivity index (χ2n) is 5.57. The summed E-state index contributed by atoms with van der Waals surface area (Å²) in [6, 6.07) is 6.43. The zero-order valence-electron chi connectivity index (χ0n) is 15.8. The zero-order chi connectivity index (χ0) is 20.1. The normalized spacial score (nSPS) is 14.2. The van der Waals surface area contributed by atoms with Crippen molar-refractivity contribution in [2.75, 3.05) is 25.7 Å². The minimum absolute atomic E-state index is 0.168. The number of benzene rings is 1. The Balaban J connectivity index is 2.37. The Labute approximate surface area is 157 Å². The topological polar surface area (TPSA) is 105 Å². The molecule has 0 aliphatic heterocycles. The fourth-order valence-electron chi connectivity index (χ4n) is 2.60. The molecule has 0 fully saturated rings. The van der Waals surface area contributed by atoms with Crippen molar-refractivity contribution >= 4 is 20.3 Å². The van der Waals surface area contributed by atoms with Gasteiger partial charge in [0, 0.05) is 10.9 Å². The minimum Gasteiger partial charge on any atom is -0.396 e. The maximum atomic E-state index is 13.5. The van der Waals surface area contributed by atoms with Gasteiger partial charge in [0.25, 0.3) is 0 Å². The third-order valence-corrected chi connectivity index (χ3v) is 9.55. The van der Waals surface area contributed by atoms with E-state index in [4.69, 9.17) is 22.4 Å². The first-order valence-electron chi connectivity index (χ1n) is 8.60. The van der Waals surface area contributed by atoms with Gasteiger partial charge in [-0.15, -0.1) is 0 Å². The summed E-state index contributed by atoms with van der Waals surface area (Å²) < 4.78 is 52.2. The SMILES string of the molecule is CCOP(=O)(CP(=O)(OCC)c1ccc(-c2oc(=O)oc2C)cc1)OCC. The summed E-state index contributed by atoms with van der Waals surface area (Å²) >= 11 is 0. The molecular weight excluding hydrogens is 394 g/mol. The Bertz CT molecular complexity index is 886. The molecule has 10 heteroatoms. The molecule has 0 bridgehead atoms. The fraction of sp³-hybridized carbons (Fsp3) is 0.471. The number of aryl methyl sites for hydroxylation is 1. The van der Waals surface area contributed by atoms with Crippen LogP contribution in [0.2, 0.25) is 0 Å². The lowest BCUT2D eigenvalue weighted by Crippen LogP contribution is -2.13. The molecule has 1 aromatic carbocycles. The van der Waals surface area contributed by atoms with E-state index in [1.54, 1.807) is 52.0 Å². The molecular formula is C17H24O8P2. The Kier molecular flexibility index (Phi) is 7.43. The lowest BCUT2D eigenvalue weighted by atomic mass is 10.1. The average molecular weight is 418 g/mol. The van der Waals surface area contributed by atoms with Crippen molar-refractivity contribution < 1.29 is 31.5 Å². The maximum Gasteiger partial charge on any atom is 0.519 e. The van der Waals surface area contributed by atoms with Crippen LogP contribution in [0.3, 0.4) is 0 Å². The molecule has 0 saturated heterocycles. The largest absolute Gasteiger partial charge is 0.519 e. The van der Waals surface area contributed by atoms with E-state index in [0.717, 1.165) is 0 Å². The summed E-state index contributed by atoms with van der Waals surface area (Å²) in [5.41, 5.74) is 0.586. The van der Waals surface area contributed by atoms with Crippen molar-refractivity contribution in [1.29, 1.82) is 0 Å². The summed E-state index contributed by atoms with van der Waals surface area (Å²) in [6.07, 6.45) is 0. The van der Waals surface area contributed by atoms with Crippen LogP contribution >= 0.6 is 15.0 Å². The number of hydrogen-bond donors (Lipinski definition) is 0. The van der Waals surface area contributed by atoms with E-state index in [0.29, 0.717) is 22.4 Å². The predicted octanol–water partition coefficient (Wildman–Crippen LogP) is 4.37. The maximum absolute atomic E-state index is 13.5. The van der Waals surface area contributed by atoms with Gasteiger partial charge in [0.2, 0.25) is 7.37 Å². The highest BCUT2D eigenvalue weighted by Gasteiger charge is 2.38. The van der Waals surface area contributed by atoms with Crippen LogP contribution in [-0.4, -0.2) is 25.7 Å². The third kappa shape index (κ3) is 5.31. The summed E-state index contributed by atoms with van der Waals surface area (Å²) in [7, 11) is -7.07. The first kappa shape index (κ1) is 21.9. The van der Waals surface area contributed by atoms with Crippen molar-refractivity contribution in [2.24, 2.45) is 0 Å². The Morgan fingerprint density at radius 2 is 1.44 bits per heavy atom. The summed E-state index contributed by atoms with van der Waals surface area (Å²) in [5, 5.41) is 0.372. The molecule has 0 saturated carbocycles. The lowest BCUT2D eigenvalue weighted by molar-refractivity contribution is 0.222. The van der Waals surface area contributed by atoms with Crippen LogP contribution in [0, 0.1) is 6.92 Å². The molecule has 1 atom stereocenters. The molecule has 0 aliphatic rings. The standard InChI is InChI=1S/C17H24O8P2/c1-5-21-26(19,12-27(20,22-6-2)23-7-3)15-10-8-14(9-11-15)16-13(4)24-17(18)25-16/h8-11H,5-7,12H2,1-4H3. The van der Waals surface area contributed by atoms with E-state index in [9.17, 15) is 13.9 Å². The summed E-state index contributed by atoms with van der Waals surface area (Å²) in [4.78, 5) is 11.2. The van der Waals surface area contributed by atoms with Crippen molar-refractivity contribution in [3.63, 3.8) is 0 Å². The zero-order valence-corrected chi connectivity index (χ0v) is 17.6. The molecule has 1 unspecified atom stereocenters. The third-order valence-electron chi connectivity index (χ3n) is 3.61. The van der Waals surface area contributed by atoms with Crippen LogP contribution in [-0.2, 0) is 22.7 Å².